The van der Waals surface area contributed by atoms with Crippen molar-refractivity contribution in [2.45, 2.75) is 26.4 Å². The lowest BCUT2D eigenvalue weighted by molar-refractivity contribution is 0.0582. The molecule has 0 aliphatic carbocycles. The van der Waals surface area contributed by atoms with Crippen LogP contribution >= 0.6 is 0 Å². The minimum atomic E-state index is -0.223. The first-order valence-corrected chi connectivity index (χ1v) is 11.9. The van der Waals surface area contributed by atoms with Gasteiger partial charge in [-0.1, -0.05) is 29.8 Å². The smallest absolute Gasteiger partial charge is 0.322 e. The zero-order valence-electron chi connectivity index (χ0n) is 20.3. The van der Waals surface area contributed by atoms with Crippen LogP contribution in [0.4, 0.5) is 10.5 Å². The van der Waals surface area contributed by atoms with Crippen molar-refractivity contribution in [3.63, 3.8) is 0 Å². The van der Waals surface area contributed by atoms with E-state index in [0.717, 1.165) is 16.5 Å². The molecule has 1 aliphatic heterocycles. The summed E-state index contributed by atoms with van der Waals surface area (Å²) in [5.41, 5.74) is 4.67. The number of aromatic nitrogens is 1. The molecule has 3 amide bonds. The third kappa shape index (κ3) is 4.56. The molecule has 8 nitrogen and oxygen atoms in total. The summed E-state index contributed by atoms with van der Waals surface area (Å²) in [6, 6.07) is 20.4. The Bertz CT molecular complexity index is 1460. The average molecular weight is 482 g/mol. The number of nitrogens with one attached hydrogen (secondary N) is 1. The molecule has 2 aromatic heterocycles. The summed E-state index contributed by atoms with van der Waals surface area (Å²) in [6.07, 6.45) is 1.64. The van der Waals surface area contributed by atoms with E-state index in [9.17, 15) is 9.59 Å². The van der Waals surface area contributed by atoms with E-state index in [1.807, 2.05) is 48.7 Å². The van der Waals surface area contributed by atoms with Crippen LogP contribution in [0.1, 0.15) is 34.1 Å². The van der Waals surface area contributed by atoms with Crippen molar-refractivity contribution in [1.82, 2.24) is 14.4 Å². The van der Waals surface area contributed by atoms with Gasteiger partial charge in [0.25, 0.3) is 5.91 Å². The Balaban J connectivity index is 1.30. The number of fused-ring (bicyclic) bond motifs is 1. The lowest BCUT2D eigenvalue weighted by Gasteiger charge is -2.39. The molecule has 0 saturated carbocycles. The molecule has 1 unspecified atom stereocenters. The van der Waals surface area contributed by atoms with Crippen LogP contribution in [0.5, 0.6) is 0 Å². The second kappa shape index (κ2) is 9.62. The number of urea groups is 1. The lowest BCUT2D eigenvalue weighted by Crippen LogP contribution is -2.56. The van der Waals surface area contributed by atoms with Gasteiger partial charge < -0.3 is 24.1 Å². The van der Waals surface area contributed by atoms with Crippen molar-refractivity contribution in [3.05, 3.63) is 89.3 Å². The Kier molecular flexibility index (Phi) is 6.21. The van der Waals surface area contributed by atoms with Crippen LogP contribution in [-0.4, -0.2) is 52.0 Å². The van der Waals surface area contributed by atoms with Crippen LogP contribution in [-0.2, 0) is 6.54 Å². The minimum absolute atomic E-state index is 0.0759. The molecular formula is C28H27N5O3. The van der Waals surface area contributed by atoms with Crippen molar-refractivity contribution in [1.29, 1.82) is 5.26 Å². The predicted octanol–water partition coefficient (Wildman–Crippen LogP) is 4.84. The van der Waals surface area contributed by atoms with E-state index in [1.54, 1.807) is 40.3 Å². The molecule has 5 rings (SSSR count). The van der Waals surface area contributed by atoms with Crippen LogP contribution in [0, 0.1) is 18.3 Å². The van der Waals surface area contributed by atoms with Crippen LogP contribution < -0.4 is 5.32 Å². The first-order valence-electron chi connectivity index (χ1n) is 11.9. The fourth-order valence-electron chi connectivity index (χ4n) is 4.73. The highest BCUT2D eigenvalue weighted by atomic mass is 16.3. The van der Waals surface area contributed by atoms with Crippen molar-refractivity contribution >= 4 is 28.7 Å². The molecular weight excluding hydrogens is 454 g/mol. The fraction of sp³-hybridized carbons (Fsp3) is 0.250. The zero-order valence-corrected chi connectivity index (χ0v) is 20.3. The maximum atomic E-state index is 13.6. The van der Waals surface area contributed by atoms with Gasteiger partial charge in [-0.2, -0.15) is 5.26 Å². The normalized spacial score (nSPS) is 15.6. The number of benzene rings is 2. The predicted molar refractivity (Wildman–Crippen MR) is 137 cm³/mol. The summed E-state index contributed by atoms with van der Waals surface area (Å²) in [4.78, 5) is 30.1. The summed E-state index contributed by atoms with van der Waals surface area (Å²) < 4.78 is 7.66. The van der Waals surface area contributed by atoms with Gasteiger partial charge in [0.2, 0.25) is 5.71 Å². The van der Waals surface area contributed by atoms with Gasteiger partial charge in [-0.05, 0) is 55.8 Å². The molecule has 0 radical (unpaired) electrons. The van der Waals surface area contributed by atoms with Gasteiger partial charge in [0.1, 0.15) is 5.69 Å². The number of furan rings is 1. The maximum absolute atomic E-state index is 13.6. The summed E-state index contributed by atoms with van der Waals surface area (Å²) in [5.74, 6) is -0.0759. The highest BCUT2D eigenvalue weighted by Gasteiger charge is 2.32. The number of rotatable bonds is 4. The molecule has 1 atom stereocenters. The van der Waals surface area contributed by atoms with E-state index in [1.165, 1.54) is 0 Å². The Hall–Kier alpha value is -4.51. The fourth-order valence-corrected chi connectivity index (χ4v) is 4.73. The van der Waals surface area contributed by atoms with E-state index in [2.05, 4.69) is 17.5 Å². The van der Waals surface area contributed by atoms with Gasteiger partial charge in [-0.3, -0.25) is 4.79 Å². The topological polar surface area (TPSA) is 94.5 Å². The number of anilines is 1. The average Bonchev–Trinajstić information content (AvgIpc) is 3.46. The van der Waals surface area contributed by atoms with E-state index in [0.29, 0.717) is 48.8 Å². The Morgan fingerprint density at radius 2 is 1.92 bits per heavy atom. The van der Waals surface area contributed by atoms with Gasteiger partial charge in [-0.15, -0.1) is 0 Å². The first kappa shape index (κ1) is 23.2. The number of hydrogen-bond acceptors (Lipinski definition) is 4. The van der Waals surface area contributed by atoms with Crippen molar-refractivity contribution in [3.8, 4) is 6.07 Å². The van der Waals surface area contributed by atoms with Gasteiger partial charge in [0.15, 0.2) is 0 Å². The number of carbonyl (C=O) groups excluding carboxylic acids is 2. The van der Waals surface area contributed by atoms with E-state index >= 15 is 0 Å². The number of hydrogen-bond donors (Lipinski definition) is 1. The van der Waals surface area contributed by atoms with Crippen LogP contribution in [0.25, 0.3) is 11.1 Å². The van der Waals surface area contributed by atoms with E-state index in [-0.39, 0.29) is 18.0 Å². The molecule has 1 N–H and O–H groups in total. The first-order chi connectivity index (χ1) is 17.4. The standard InChI is InChI=1S/C28H27N5O3/c1-19-4-3-5-22(14-19)18-33-25(15-23-10-13-36-27(23)33)26(34)31-11-12-32(20(2)17-31)28(35)30-24-8-6-21(16-29)7-9-24/h3-10,13-15,20H,11-12,17-18H2,1-2H3,(H,30,35). The third-order valence-corrected chi connectivity index (χ3v) is 6.59. The zero-order chi connectivity index (χ0) is 25.2. The number of nitriles is 1. The monoisotopic (exact) mass is 481 g/mol. The van der Waals surface area contributed by atoms with Gasteiger partial charge in [-0.25, -0.2) is 4.79 Å². The molecule has 1 aliphatic rings. The number of nitrogens with zero attached hydrogens (tertiary/aromatic N) is 4. The molecule has 8 heteroatoms. The van der Waals surface area contributed by atoms with Gasteiger partial charge in [0, 0.05) is 36.7 Å². The number of amides is 3. The highest BCUT2D eigenvalue weighted by Crippen LogP contribution is 2.25. The summed E-state index contributed by atoms with van der Waals surface area (Å²) in [6.45, 7) is 5.80. The molecule has 2 aromatic carbocycles. The quantitative estimate of drug-likeness (QED) is 0.451. The molecule has 0 bridgehead atoms. The number of carbonyl (C=O) groups is 2. The minimum Gasteiger partial charge on any atom is -0.448 e. The molecule has 36 heavy (non-hydrogen) atoms. The van der Waals surface area contributed by atoms with Crippen molar-refractivity contribution in [2.75, 3.05) is 25.0 Å². The van der Waals surface area contributed by atoms with E-state index < -0.39 is 0 Å². The van der Waals surface area contributed by atoms with Crippen LogP contribution in [0.2, 0.25) is 0 Å². The maximum Gasteiger partial charge on any atom is 0.322 e. The SMILES string of the molecule is Cc1cccc(Cn2c(C(=O)N3CCN(C(=O)Nc4ccc(C#N)cc4)C(C)C3)cc3ccoc32)c1. The summed E-state index contributed by atoms with van der Waals surface area (Å²) >= 11 is 0. The molecule has 1 fully saturated rings. The second-order valence-electron chi connectivity index (χ2n) is 9.20. The highest BCUT2D eigenvalue weighted by molar-refractivity contribution is 5.98. The second-order valence-corrected chi connectivity index (χ2v) is 9.20. The van der Waals surface area contributed by atoms with Crippen molar-refractivity contribution < 1.29 is 14.0 Å². The van der Waals surface area contributed by atoms with Gasteiger partial charge >= 0.3 is 6.03 Å². The summed E-state index contributed by atoms with van der Waals surface area (Å²) in [5, 5.41) is 12.7. The molecule has 1 saturated heterocycles. The van der Waals surface area contributed by atoms with Crippen LogP contribution in [0.15, 0.2) is 71.3 Å². The molecule has 182 valence electrons. The Labute approximate surface area is 209 Å². The van der Waals surface area contributed by atoms with E-state index in [4.69, 9.17) is 9.68 Å². The van der Waals surface area contributed by atoms with Crippen LogP contribution in [0.3, 0.4) is 0 Å². The Morgan fingerprint density at radius 3 is 2.64 bits per heavy atom. The number of aryl methyl sites for hydroxylation is 1. The molecule has 3 heterocycles. The lowest BCUT2D eigenvalue weighted by atomic mass is 10.1. The van der Waals surface area contributed by atoms with Gasteiger partial charge in [0.05, 0.1) is 24.4 Å². The third-order valence-electron chi connectivity index (χ3n) is 6.59. The largest absolute Gasteiger partial charge is 0.448 e. The molecule has 0 spiro atoms. The molecule has 4 aromatic rings. The summed E-state index contributed by atoms with van der Waals surface area (Å²) in [7, 11) is 0. The van der Waals surface area contributed by atoms with Crippen molar-refractivity contribution in [2.24, 2.45) is 0 Å². The number of piperazine rings is 1. The Morgan fingerprint density at radius 1 is 1.11 bits per heavy atom.